The van der Waals surface area contributed by atoms with Crippen molar-refractivity contribution in [1.82, 2.24) is 10.3 Å². The van der Waals surface area contributed by atoms with E-state index in [9.17, 15) is 0 Å². The van der Waals surface area contributed by atoms with Gasteiger partial charge < -0.3 is 5.32 Å². The van der Waals surface area contributed by atoms with Crippen molar-refractivity contribution < 1.29 is 0 Å². The normalized spacial score (nSPS) is 12.4. The SMILES string of the molecule is Cc1cc(Cl)ccc1CN[C@H](C)c1ccncc1. The van der Waals surface area contributed by atoms with Gasteiger partial charge in [0.15, 0.2) is 0 Å². The number of aromatic nitrogens is 1. The highest BCUT2D eigenvalue weighted by Crippen LogP contribution is 2.17. The summed E-state index contributed by atoms with van der Waals surface area (Å²) in [6.45, 7) is 5.08. The van der Waals surface area contributed by atoms with Crippen LogP contribution in [0.2, 0.25) is 5.02 Å². The van der Waals surface area contributed by atoms with Gasteiger partial charge in [-0.1, -0.05) is 17.7 Å². The minimum Gasteiger partial charge on any atom is -0.306 e. The van der Waals surface area contributed by atoms with Crippen molar-refractivity contribution in [3.63, 3.8) is 0 Å². The predicted molar refractivity (Wildman–Crippen MR) is 75.7 cm³/mol. The molecule has 0 amide bonds. The molecule has 0 unspecified atom stereocenters. The Morgan fingerprint density at radius 1 is 1.22 bits per heavy atom. The molecule has 2 rings (SSSR count). The Hall–Kier alpha value is -1.38. The Bertz CT molecular complexity index is 511. The first-order valence-electron chi connectivity index (χ1n) is 6.05. The molecule has 1 aromatic carbocycles. The van der Waals surface area contributed by atoms with Gasteiger partial charge in [0.2, 0.25) is 0 Å². The maximum absolute atomic E-state index is 5.95. The molecule has 2 nitrogen and oxygen atoms in total. The predicted octanol–water partition coefficient (Wildman–Crippen LogP) is 3.89. The molecule has 0 aliphatic carbocycles. The third-order valence-corrected chi connectivity index (χ3v) is 3.34. The van der Waals surface area contributed by atoms with Crippen LogP contribution in [-0.4, -0.2) is 4.98 Å². The number of aryl methyl sites for hydroxylation is 1. The second-order valence-corrected chi connectivity index (χ2v) is 4.89. The number of pyridine rings is 1. The average molecular weight is 261 g/mol. The molecular formula is C15H17ClN2. The van der Waals surface area contributed by atoms with Gasteiger partial charge >= 0.3 is 0 Å². The summed E-state index contributed by atoms with van der Waals surface area (Å²) in [5.74, 6) is 0. The van der Waals surface area contributed by atoms with Crippen LogP contribution in [-0.2, 0) is 6.54 Å². The molecule has 18 heavy (non-hydrogen) atoms. The lowest BCUT2D eigenvalue weighted by Gasteiger charge is -2.15. The number of nitrogens with one attached hydrogen (secondary N) is 1. The molecule has 0 aliphatic heterocycles. The van der Waals surface area contributed by atoms with E-state index in [1.165, 1.54) is 16.7 Å². The molecule has 0 spiro atoms. The second kappa shape index (κ2) is 5.98. The van der Waals surface area contributed by atoms with Crippen molar-refractivity contribution >= 4 is 11.6 Å². The summed E-state index contributed by atoms with van der Waals surface area (Å²) in [6, 6.07) is 10.4. The molecule has 0 saturated heterocycles. The van der Waals surface area contributed by atoms with Gasteiger partial charge in [0.25, 0.3) is 0 Å². The molecule has 1 atom stereocenters. The molecule has 2 aromatic rings. The van der Waals surface area contributed by atoms with Crippen LogP contribution in [0.4, 0.5) is 0 Å². The summed E-state index contributed by atoms with van der Waals surface area (Å²) in [5, 5.41) is 4.29. The van der Waals surface area contributed by atoms with Crippen LogP contribution >= 0.6 is 11.6 Å². The summed E-state index contributed by atoms with van der Waals surface area (Å²) in [7, 11) is 0. The molecular weight excluding hydrogens is 244 g/mol. The summed E-state index contributed by atoms with van der Waals surface area (Å²) in [6.07, 6.45) is 3.64. The fraction of sp³-hybridized carbons (Fsp3) is 0.267. The number of nitrogens with zero attached hydrogens (tertiary/aromatic N) is 1. The Kier molecular flexibility index (Phi) is 4.34. The maximum atomic E-state index is 5.95. The topological polar surface area (TPSA) is 24.9 Å². The lowest BCUT2D eigenvalue weighted by molar-refractivity contribution is 0.573. The number of hydrogen-bond acceptors (Lipinski definition) is 2. The molecule has 1 N–H and O–H groups in total. The van der Waals surface area contributed by atoms with E-state index in [-0.39, 0.29) is 0 Å². The molecule has 3 heteroatoms. The highest BCUT2D eigenvalue weighted by Gasteiger charge is 2.05. The molecule has 1 aromatic heterocycles. The molecule has 0 saturated carbocycles. The minimum atomic E-state index is 0.308. The van der Waals surface area contributed by atoms with Crippen LogP contribution in [0.3, 0.4) is 0 Å². The Labute approximate surface area is 113 Å². The zero-order valence-electron chi connectivity index (χ0n) is 10.7. The van der Waals surface area contributed by atoms with Gasteiger partial charge in [-0.15, -0.1) is 0 Å². The Morgan fingerprint density at radius 2 is 1.94 bits per heavy atom. The van der Waals surface area contributed by atoms with Crippen LogP contribution in [0.15, 0.2) is 42.7 Å². The molecule has 1 heterocycles. The minimum absolute atomic E-state index is 0.308. The van der Waals surface area contributed by atoms with Crippen LogP contribution in [0.5, 0.6) is 0 Å². The Morgan fingerprint density at radius 3 is 2.61 bits per heavy atom. The van der Waals surface area contributed by atoms with E-state index in [2.05, 4.69) is 30.2 Å². The van der Waals surface area contributed by atoms with Gasteiger partial charge in [-0.3, -0.25) is 4.98 Å². The number of benzene rings is 1. The van der Waals surface area contributed by atoms with Gasteiger partial charge in [-0.2, -0.15) is 0 Å². The highest BCUT2D eigenvalue weighted by molar-refractivity contribution is 6.30. The van der Waals surface area contributed by atoms with Crippen molar-refractivity contribution in [1.29, 1.82) is 0 Å². The van der Waals surface area contributed by atoms with Gasteiger partial charge in [0, 0.05) is 30.0 Å². The summed E-state index contributed by atoms with van der Waals surface area (Å²) in [5.41, 5.74) is 3.74. The van der Waals surface area contributed by atoms with Crippen molar-refractivity contribution in [2.45, 2.75) is 26.4 Å². The van der Waals surface area contributed by atoms with Crippen molar-refractivity contribution in [3.8, 4) is 0 Å². The largest absolute Gasteiger partial charge is 0.306 e. The summed E-state index contributed by atoms with van der Waals surface area (Å²) in [4.78, 5) is 4.03. The number of rotatable bonds is 4. The van der Waals surface area contributed by atoms with Crippen molar-refractivity contribution in [3.05, 3.63) is 64.4 Å². The first kappa shape index (κ1) is 13.1. The fourth-order valence-corrected chi connectivity index (χ4v) is 2.12. The van der Waals surface area contributed by atoms with Crippen LogP contribution in [0.1, 0.15) is 29.7 Å². The molecule has 0 fully saturated rings. The standard InChI is InChI=1S/C15H17ClN2/c1-11-9-15(16)4-3-14(11)10-18-12(2)13-5-7-17-8-6-13/h3-9,12,18H,10H2,1-2H3/t12-/m1/s1. The smallest absolute Gasteiger partial charge is 0.0408 e. The maximum Gasteiger partial charge on any atom is 0.0408 e. The van der Waals surface area contributed by atoms with E-state index in [1.807, 2.05) is 36.7 Å². The molecule has 0 bridgehead atoms. The van der Waals surface area contributed by atoms with Gasteiger partial charge in [-0.25, -0.2) is 0 Å². The van der Waals surface area contributed by atoms with Gasteiger partial charge in [-0.05, 0) is 54.8 Å². The first-order chi connectivity index (χ1) is 8.66. The zero-order valence-corrected chi connectivity index (χ0v) is 11.4. The lowest BCUT2D eigenvalue weighted by atomic mass is 10.1. The van der Waals surface area contributed by atoms with E-state index in [0.29, 0.717) is 6.04 Å². The van der Waals surface area contributed by atoms with Gasteiger partial charge in [0.05, 0.1) is 0 Å². The third-order valence-electron chi connectivity index (χ3n) is 3.11. The lowest BCUT2D eigenvalue weighted by Crippen LogP contribution is -2.18. The zero-order chi connectivity index (χ0) is 13.0. The summed E-state index contributed by atoms with van der Waals surface area (Å²) < 4.78 is 0. The van der Waals surface area contributed by atoms with E-state index >= 15 is 0 Å². The van der Waals surface area contributed by atoms with E-state index in [4.69, 9.17) is 11.6 Å². The van der Waals surface area contributed by atoms with Crippen LogP contribution in [0, 0.1) is 6.92 Å². The summed E-state index contributed by atoms with van der Waals surface area (Å²) >= 11 is 5.95. The molecule has 94 valence electrons. The van der Waals surface area contributed by atoms with E-state index in [0.717, 1.165) is 11.6 Å². The average Bonchev–Trinajstić information content (AvgIpc) is 2.38. The second-order valence-electron chi connectivity index (χ2n) is 4.45. The van der Waals surface area contributed by atoms with Gasteiger partial charge in [0.1, 0.15) is 0 Å². The first-order valence-corrected chi connectivity index (χ1v) is 6.43. The monoisotopic (exact) mass is 260 g/mol. The number of hydrogen-bond donors (Lipinski definition) is 1. The van der Waals surface area contributed by atoms with Crippen LogP contribution < -0.4 is 5.32 Å². The highest BCUT2D eigenvalue weighted by atomic mass is 35.5. The van der Waals surface area contributed by atoms with Crippen molar-refractivity contribution in [2.75, 3.05) is 0 Å². The fourth-order valence-electron chi connectivity index (χ4n) is 1.89. The van der Waals surface area contributed by atoms with Crippen LogP contribution in [0.25, 0.3) is 0 Å². The number of halogens is 1. The third kappa shape index (κ3) is 3.31. The molecule has 0 radical (unpaired) electrons. The van der Waals surface area contributed by atoms with E-state index in [1.54, 1.807) is 0 Å². The van der Waals surface area contributed by atoms with E-state index < -0.39 is 0 Å². The molecule has 0 aliphatic rings. The Balaban J connectivity index is 1.99. The van der Waals surface area contributed by atoms with Crippen molar-refractivity contribution in [2.24, 2.45) is 0 Å². The quantitative estimate of drug-likeness (QED) is 0.902.